The van der Waals surface area contributed by atoms with Crippen molar-refractivity contribution in [2.75, 3.05) is 13.1 Å². The number of benzene rings is 1. The summed E-state index contributed by atoms with van der Waals surface area (Å²) in [6.45, 7) is 5.37. The molecule has 1 N–H and O–H groups in total. The van der Waals surface area contributed by atoms with E-state index in [-0.39, 0.29) is 13.1 Å². The molecule has 1 fully saturated rings. The van der Waals surface area contributed by atoms with E-state index in [9.17, 15) is 19.1 Å². The predicted molar refractivity (Wildman–Crippen MR) is 78.1 cm³/mol. The third kappa shape index (κ3) is 3.55. The molecule has 1 amide bonds. The summed E-state index contributed by atoms with van der Waals surface area (Å²) in [5, 5.41) is 9.37. The number of carboxylic acid groups (broad SMARTS) is 1. The van der Waals surface area contributed by atoms with E-state index in [1.807, 2.05) is 0 Å². The van der Waals surface area contributed by atoms with Crippen molar-refractivity contribution in [2.24, 2.45) is 5.92 Å². The highest BCUT2D eigenvalue weighted by Crippen LogP contribution is 2.34. The second kappa shape index (κ2) is 5.94. The van der Waals surface area contributed by atoms with Gasteiger partial charge in [-0.2, -0.15) is 0 Å². The molecule has 1 aliphatic rings. The van der Waals surface area contributed by atoms with Crippen molar-refractivity contribution in [1.82, 2.24) is 4.90 Å². The highest BCUT2D eigenvalue weighted by atomic mass is 19.1. The molecular formula is C16H20FNO4. The zero-order valence-electron chi connectivity index (χ0n) is 12.9. The van der Waals surface area contributed by atoms with Crippen molar-refractivity contribution in [3.63, 3.8) is 0 Å². The Hall–Kier alpha value is -2.11. The summed E-state index contributed by atoms with van der Waals surface area (Å²) >= 11 is 0. The van der Waals surface area contributed by atoms with Crippen LogP contribution in [0, 0.1) is 11.7 Å². The number of likely N-dealkylation sites (tertiary alicyclic amines) is 1. The normalized spacial score (nSPS) is 21.7. The smallest absolute Gasteiger partial charge is 0.410 e. The van der Waals surface area contributed by atoms with Crippen LogP contribution < -0.4 is 0 Å². The maximum absolute atomic E-state index is 13.9. The average molecular weight is 309 g/mol. The van der Waals surface area contributed by atoms with Crippen molar-refractivity contribution >= 4 is 12.1 Å². The van der Waals surface area contributed by atoms with Crippen LogP contribution in [0.3, 0.4) is 0 Å². The van der Waals surface area contributed by atoms with Crippen LogP contribution in [0.4, 0.5) is 9.18 Å². The van der Waals surface area contributed by atoms with Crippen molar-refractivity contribution in [3.8, 4) is 0 Å². The van der Waals surface area contributed by atoms with Crippen molar-refractivity contribution < 1.29 is 23.8 Å². The topological polar surface area (TPSA) is 66.8 Å². The van der Waals surface area contributed by atoms with Gasteiger partial charge in [0.25, 0.3) is 0 Å². The van der Waals surface area contributed by atoms with Gasteiger partial charge in [-0.3, -0.25) is 4.79 Å². The van der Waals surface area contributed by atoms with Crippen LogP contribution in [0.1, 0.15) is 32.3 Å². The fraction of sp³-hybridized carbons (Fsp3) is 0.500. The minimum Gasteiger partial charge on any atom is -0.481 e. The molecule has 1 aliphatic heterocycles. The Morgan fingerprint density at radius 1 is 1.27 bits per heavy atom. The third-order valence-electron chi connectivity index (χ3n) is 3.59. The Morgan fingerprint density at radius 3 is 2.45 bits per heavy atom. The van der Waals surface area contributed by atoms with E-state index in [0.717, 1.165) is 0 Å². The van der Waals surface area contributed by atoms with E-state index in [1.54, 1.807) is 39.0 Å². The highest BCUT2D eigenvalue weighted by molar-refractivity contribution is 5.76. The SMILES string of the molecule is CC(C)(C)OC(=O)N1C[C@@H](C(=O)O)[C@H](c2ccccc2F)C1. The molecule has 5 nitrogen and oxygen atoms in total. The zero-order valence-corrected chi connectivity index (χ0v) is 12.9. The fourth-order valence-electron chi connectivity index (χ4n) is 2.62. The molecule has 0 bridgehead atoms. The summed E-state index contributed by atoms with van der Waals surface area (Å²) < 4.78 is 19.2. The lowest BCUT2D eigenvalue weighted by Crippen LogP contribution is -2.35. The molecule has 1 heterocycles. The Balaban J connectivity index is 2.22. The predicted octanol–water partition coefficient (Wildman–Crippen LogP) is 2.86. The monoisotopic (exact) mass is 309 g/mol. The fourth-order valence-corrected chi connectivity index (χ4v) is 2.62. The van der Waals surface area contributed by atoms with Crippen LogP contribution in [0.5, 0.6) is 0 Å². The van der Waals surface area contributed by atoms with Gasteiger partial charge in [0.2, 0.25) is 0 Å². The minimum atomic E-state index is -1.04. The first-order chi connectivity index (χ1) is 10.2. The molecule has 0 spiro atoms. The van der Waals surface area contributed by atoms with Gasteiger partial charge >= 0.3 is 12.1 Å². The first kappa shape index (κ1) is 16.3. The largest absolute Gasteiger partial charge is 0.481 e. The summed E-state index contributed by atoms with van der Waals surface area (Å²) in [6.07, 6.45) is -0.572. The molecule has 1 aromatic rings. The number of carbonyl (C=O) groups is 2. The molecule has 1 saturated heterocycles. The third-order valence-corrected chi connectivity index (χ3v) is 3.59. The maximum atomic E-state index is 13.9. The van der Waals surface area contributed by atoms with E-state index in [4.69, 9.17) is 4.74 Å². The molecular weight excluding hydrogens is 289 g/mol. The number of halogens is 1. The Bertz CT molecular complexity index is 582. The van der Waals surface area contributed by atoms with E-state index in [1.165, 1.54) is 11.0 Å². The number of ether oxygens (including phenoxy) is 1. The molecule has 0 unspecified atom stereocenters. The Labute approximate surface area is 128 Å². The lowest BCUT2D eigenvalue weighted by atomic mass is 9.89. The number of carbonyl (C=O) groups excluding carboxylic acids is 1. The van der Waals surface area contributed by atoms with Gasteiger partial charge in [-0.25, -0.2) is 9.18 Å². The minimum absolute atomic E-state index is 0.0171. The Kier molecular flexibility index (Phi) is 4.39. The molecule has 120 valence electrons. The summed E-state index contributed by atoms with van der Waals surface area (Å²) in [5.74, 6) is -2.92. The van der Waals surface area contributed by atoms with Crippen LogP contribution in [0.25, 0.3) is 0 Å². The summed E-state index contributed by atoms with van der Waals surface area (Å²) in [7, 11) is 0. The van der Waals surface area contributed by atoms with Crippen molar-refractivity contribution in [1.29, 1.82) is 0 Å². The van der Waals surface area contributed by atoms with Crippen LogP contribution >= 0.6 is 0 Å². The van der Waals surface area contributed by atoms with Crippen molar-refractivity contribution in [3.05, 3.63) is 35.6 Å². The molecule has 0 saturated carbocycles. The number of hydrogen-bond acceptors (Lipinski definition) is 3. The first-order valence-corrected chi connectivity index (χ1v) is 7.14. The van der Waals surface area contributed by atoms with Gasteiger partial charge in [0.15, 0.2) is 0 Å². The summed E-state index contributed by atoms with van der Waals surface area (Å²) in [4.78, 5) is 24.9. The molecule has 22 heavy (non-hydrogen) atoms. The van der Waals surface area contributed by atoms with E-state index >= 15 is 0 Å². The Morgan fingerprint density at radius 2 is 1.91 bits per heavy atom. The van der Waals surface area contributed by atoms with Gasteiger partial charge in [0.05, 0.1) is 5.92 Å². The number of amides is 1. The van der Waals surface area contributed by atoms with Gasteiger partial charge in [0.1, 0.15) is 11.4 Å². The molecule has 0 aliphatic carbocycles. The van der Waals surface area contributed by atoms with E-state index in [0.29, 0.717) is 5.56 Å². The highest BCUT2D eigenvalue weighted by Gasteiger charge is 2.42. The van der Waals surface area contributed by atoms with Crippen LogP contribution in [-0.4, -0.2) is 40.8 Å². The van der Waals surface area contributed by atoms with Crippen LogP contribution in [0.2, 0.25) is 0 Å². The number of hydrogen-bond donors (Lipinski definition) is 1. The van der Waals surface area contributed by atoms with Crippen LogP contribution in [-0.2, 0) is 9.53 Å². The lowest BCUT2D eigenvalue weighted by Gasteiger charge is -2.24. The number of nitrogens with zero attached hydrogens (tertiary/aromatic N) is 1. The zero-order chi connectivity index (χ0) is 16.5. The number of aliphatic carboxylic acids is 1. The lowest BCUT2D eigenvalue weighted by molar-refractivity contribution is -0.141. The summed E-state index contributed by atoms with van der Waals surface area (Å²) in [6, 6.07) is 6.07. The second-order valence-corrected chi connectivity index (χ2v) is 6.46. The van der Waals surface area contributed by atoms with E-state index in [2.05, 4.69) is 0 Å². The second-order valence-electron chi connectivity index (χ2n) is 6.46. The maximum Gasteiger partial charge on any atom is 0.410 e. The molecule has 2 rings (SSSR count). The first-order valence-electron chi connectivity index (χ1n) is 7.14. The molecule has 0 radical (unpaired) electrons. The average Bonchev–Trinajstić information content (AvgIpc) is 2.82. The molecule has 0 aromatic heterocycles. The van der Waals surface area contributed by atoms with Gasteiger partial charge < -0.3 is 14.7 Å². The molecule has 6 heteroatoms. The quantitative estimate of drug-likeness (QED) is 0.912. The number of carboxylic acids is 1. The standard InChI is InChI=1S/C16H20FNO4/c1-16(2,3)22-15(21)18-8-11(12(9-18)14(19)20)10-6-4-5-7-13(10)17/h4-7,11-12H,8-9H2,1-3H3,(H,19,20)/t11-,12+/m0/s1. The van der Waals surface area contributed by atoms with Gasteiger partial charge in [-0.15, -0.1) is 0 Å². The van der Waals surface area contributed by atoms with Crippen LogP contribution in [0.15, 0.2) is 24.3 Å². The van der Waals surface area contributed by atoms with Gasteiger partial charge in [-0.1, -0.05) is 18.2 Å². The molecule has 1 aromatic carbocycles. The summed E-state index contributed by atoms with van der Waals surface area (Å²) in [5.41, 5.74) is -0.340. The van der Waals surface area contributed by atoms with Crippen molar-refractivity contribution in [2.45, 2.75) is 32.3 Å². The van der Waals surface area contributed by atoms with Gasteiger partial charge in [-0.05, 0) is 32.4 Å². The van der Waals surface area contributed by atoms with E-state index < -0.39 is 35.3 Å². The molecule has 2 atom stereocenters. The number of rotatable bonds is 2. The van der Waals surface area contributed by atoms with Gasteiger partial charge in [0, 0.05) is 19.0 Å².